The van der Waals surface area contributed by atoms with Crippen LogP contribution in [0.3, 0.4) is 0 Å². The quantitative estimate of drug-likeness (QED) is 0.455. The van der Waals surface area contributed by atoms with E-state index in [0.29, 0.717) is 0 Å². The minimum atomic E-state index is -0.442. The molecular formula is C21H29N3O3. The van der Waals surface area contributed by atoms with Gasteiger partial charge in [0.1, 0.15) is 11.6 Å². The molecule has 0 saturated carbocycles. The summed E-state index contributed by atoms with van der Waals surface area (Å²) in [5.41, 5.74) is 3.78. The Morgan fingerprint density at radius 2 is 1.93 bits per heavy atom. The first kappa shape index (κ1) is 20.9. The number of aliphatic hydroxyl groups is 2. The largest absolute Gasteiger partial charge is 0.395 e. The lowest BCUT2D eigenvalue weighted by molar-refractivity contribution is -0.118. The molecule has 146 valence electrons. The fourth-order valence-electron chi connectivity index (χ4n) is 3.45. The highest BCUT2D eigenvalue weighted by molar-refractivity contribution is 5.97. The monoisotopic (exact) mass is 371 g/mol. The first-order chi connectivity index (χ1) is 13.1. The standard InChI is InChI=1S/C21H29N3O3/c1-2-20(18-8-7-16-5-3-4-6-17(16)13-18)23-21(27)19(14-22)15-24(9-11-25)10-12-26/h7-8,13,15,20,25-26H,2-6,9-12H2,1H3,(H,23,27)/b19-15-. The van der Waals surface area contributed by atoms with E-state index in [1.165, 1.54) is 30.2 Å². The smallest absolute Gasteiger partial charge is 0.263 e. The number of nitrogens with zero attached hydrogens (tertiary/aromatic N) is 2. The van der Waals surface area contributed by atoms with Gasteiger partial charge in [-0.05, 0) is 48.8 Å². The molecule has 0 aliphatic heterocycles. The van der Waals surface area contributed by atoms with Crippen LogP contribution in [0.1, 0.15) is 48.9 Å². The maximum atomic E-state index is 12.6. The summed E-state index contributed by atoms with van der Waals surface area (Å²) in [5.74, 6) is -0.442. The lowest BCUT2D eigenvalue weighted by Gasteiger charge is -2.22. The molecule has 2 rings (SSSR count). The van der Waals surface area contributed by atoms with E-state index in [2.05, 4.69) is 23.5 Å². The molecular weight excluding hydrogens is 342 g/mol. The van der Waals surface area contributed by atoms with E-state index in [-0.39, 0.29) is 37.9 Å². The topological polar surface area (TPSA) is 96.6 Å². The molecule has 0 aromatic heterocycles. The molecule has 0 spiro atoms. The normalized spacial score (nSPS) is 14.8. The molecule has 27 heavy (non-hydrogen) atoms. The Hall–Kier alpha value is -2.36. The summed E-state index contributed by atoms with van der Waals surface area (Å²) in [6.45, 7) is 2.26. The van der Waals surface area contributed by atoms with Crippen LogP contribution in [-0.2, 0) is 17.6 Å². The maximum absolute atomic E-state index is 12.6. The molecule has 0 fully saturated rings. The van der Waals surface area contributed by atoms with E-state index in [0.717, 1.165) is 24.8 Å². The Bertz CT molecular complexity index is 703. The van der Waals surface area contributed by atoms with Crippen LogP contribution in [0.25, 0.3) is 0 Å². The lowest BCUT2D eigenvalue weighted by Crippen LogP contribution is -2.31. The van der Waals surface area contributed by atoms with Gasteiger partial charge in [-0.3, -0.25) is 4.79 Å². The van der Waals surface area contributed by atoms with Gasteiger partial charge in [0.05, 0.1) is 19.3 Å². The van der Waals surface area contributed by atoms with Gasteiger partial charge in [0.25, 0.3) is 5.91 Å². The van der Waals surface area contributed by atoms with Crippen molar-refractivity contribution in [2.24, 2.45) is 0 Å². The Labute approximate surface area is 161 Å². The van der Waals surface area contributed by atoms with E-state index in [4.69, 9.17) is 10.2 Å². The number of aryl methyl sites for hydroxylation is 2. The van der Waals surface area contributed by atoms with E-state index >= 15 is 0 Å². The number of benzene rings is 1. The third-order valence-electron chi connectivity index (χ3n) is 4.94. The average Bonchev–Trinajstić information content (AvgIpc) is 2.69. The molecule has 6 heteroatoms. The number of nitriles is 1. The van der Waals surface area contributed by atoms with Gasteiger partial charge in [-0.1, -0.05) is 25.1 Å². The molecule has 6 nitrogen and oxygen atoms in total. The molecule has 0 radical (unpaired) electrons. The SMILES string of the molecule is CCC(NC(=O)/C(C#N)=C\N(CCO)CCO)c1ccc2c(c1)CCCC2. The van der Waals surface area contributed by atoms with Gasteiger partial charge < -0.3 is 20.4 Å². The summed E-state index contributed by atoms with van der Waals surface area (Å²) in [5, 5.41) is 30.5. The van der Waals surface area contributed by atoms with Crippen LogP contribution >= 0.6 is 0 Å². The summed E-state index contributed by atoms with van der Waals surface area (Å²) in [7, 11) is 0. The van der Waals surface area contributed by atoms with Crippen molar-refractivity contribution in [3.8, 4) is 6.07 Å². The summed E-state index contributed by atoms with van der Waals surface area (Å²) < 4.78 is 0. The van der Waals surface area contributed by atoms with Gasteiger partial charge in [-0.25, -0.2) is 0 Å². The van der Waals surface area contributed by atoms with Crippen molar-refractivity contribution in [2.45, 2.75) is 45.1 Å². The molecule has 0 bridgehead atoms. The van der Waals surface area contributed by atoms with Crippen molar-refractivity contribution in [3.63, 3.8) is 0 Å². The predicted octanol–water partition coefficient (Wildman–Crippen LogP) is 1.83. The molecule has 1 aliphatic rings. The second-order valence-electron chi connectivity index (χ2n) is 6.81. The van der Waals surface area contributed by atoms with Crippen molar-refractivity contribution >= 4 is 5.91 Å². The minimum absolute atomic E-state index is 0.0340. The number of aliphatic hydroxyl groups excluding tert-OH is 2. The highest BCUT2D eigenvalue weighted by Crippen LogP contribution is 2.26. The Kier molecular flexibility index (Phi) is 8.31. The van der Waals surface area contributed by atoms with E-state index < -0.39 is 5.91 Å². The number of nitrogens with one attached hydrogen (secondary N) is 1. The van der Waals surface area contributed by atoms with Crippen LogP contribution in [-0.4, -0.2) is 47.3 Å². The van der Waals surface area contributed by atoms with Gasteiger partial charge in [0.15, 0.2) is 0 Å². The van der Waals surface area contributed by atoms with Gasteiger partial charge in [0.2, 0.25) is 0 Å². The van der Waals surface area contributed by atoms with Crippen LogP contribution < -0.4 is 5.32 Å². The molecule has 1 unspecified atom stereocenters. The van der Waals surface area contributed by atoms with Gasteiger partial charge in [-0.15, -0.1) is 0 Å². The minimum Gasteiger partial charge on any atom is -0.395 e. The summed E-state index contributed by atoms with van der Waals surface area (Å²) in [4.78, 5) is 14.2. The fourth-order valence-corrected chi connectivity index (χ4v) is 3.45. The Morgan fingerprint density at radius 1 is 1.26 bits per heavy atom. The number of hydrogen-bond acceptors (Lipinski definition) is 5. The molecule has 0 heterocycles. The van der Waals surface area contributed by atoms with Gasteiger partial charge in [-0.2, -0.15) is 5.26 Å². The molecule has 1 atom stereocenters. The Balaban J connectivity index is 2.14. The van der Waals surface area contributed by atoms with Gasteiger partial charge in [0, 0.05) is 19.3 Å². The highest BCUT2D eigenvalue weighted by atomic mass is 16.3. The average molecular weight is 371 g/mol. The molecule has 0 saturated heterocycles. The second kappa shape index (κ2) is 10.7. The van der Waals surface area contributed by atoms with Gasteiger partial charge >= 0.3 is 0 Å². The van der Waals surface area contributed by atoms with E-state index in [1.807, 2.05) is 13.0 Å². The third kappa shape index (κ3) is 5.81. The van der Waals surface area contributed by atoms with Crippen molar-refractivity contribution in [1.29, 1.82) is 5.26 Å². The number of carbonyl (C=O) groups excluding carboxylic acids is 1. The number of carbonyl (C=O) groups is 1. The van der Waals surface area contributed by atoms with Crippen LogP contribution in [0.4, 0.5) is 0 Å². The van der Waals surface area contributed by atoms with Crippen LogP contribution in [0, 0.1) is 11.3 Å². The summed E-state index contributed by atoms with van der Waals surface area (Å²) >= 11 is 0. The first-order valence-corrected chi connectivity index (χ1v) is 9.63. The molecule has 1 aromatic carbocycles. The lowest BCUT2D eigenvalue weighted by atomic mass is 9.88. The summed E-state index contributed by atoms with van der Waals surface area (Å²) in [6.07, 6.45) is 6.75. The van der Waals surface area contributed by atoms with E-state index in [9.17, 15) is 10.1 Å². The predicted molar refractivity (Wildman–Crippen MR) is 104 cm³/mol. The maximum Gasteiger partial charge on any atom is 0.263 e. The molecule has 1 amide bonds. The van der Waals surface area contributed by atoms with Crippen LogP contribution in [0.15, 0.2) is 30.0 Å². The fraction of sp³-hybridized carbons (Fsp3) is 0.524. The molecule has 3 N–H and O–H groups in total. The number of hydrogen-bond donors (Lipinski definition) is 3. The molecule has 1 aliphatic carbocycles. The van der Waals surface area contributed by atoms with Crippen molar-refractivity contribution in [2.75, 3.05) is 26.3 Å². The summed E-state index contributed by atoms with van der Waals surface area (Å²) in [6, 6.07) is 8.17. The first-order valence-electron chi connectivity index (χ1n) is 9.63. The van der Waals surface area contributed by atoms with Crippen molar-refractivity contribution < 1.29 is 15.0 Å². The van der Waals surface area contributed by atoms with Crippen molar-refractivity contribution in [1.82, 2.24) is 10.2 Å². The zero-order chi connectivity index (χ0) is 19.6. The number of amides is 1. The molecule has 1 aromatic rings. The van der Waals surface area contributed by atoms with Crippen molar-refractivity contribution in [3.05, 3.63) is 46.7 Å². The second-order valence-corrected chi connectivity index (χ2v) is 6.81. The van der Waals surface area contributed by atoms with Crippen LogP contribution in [0.5, 0.6) is 0 Å². The zero-order valence-corrected chi connectivity index (χ0v) is 15.9. The highest BCUT2D eigenvalue weighted by Gasteiger charge is 2.19. The third-order valence-corrected chi connectivity index (χ3v) is 4.94. The zero-order valence-electron chi connectivity index (χ0n) is 15.9. The number of fused-ring (bicyclic) bond motifs is 1. The van der Waals surface area contributed by atoms with E-state index in [1.54, 1.807) is 4.90 Å². The van der Waals surface area contributed by atoms with Crippen LogP contribution in [0.2, 0.25) is 0 Å². The Morgan fingerprint density at radius 3 is 2.52 bits per heavy atom. The number of rotatable bonds is 9.